The van der Waals surface area contributed by atoms with Gasteiger partial charge in [-0.1, -0.05) is 35.5 Å². The minimum absolute atomic E-state index is 0.0907. The molecule has 0 aliphatic carbocycles. The molecule has 4 rings (SSSR count). The van der Waals surface area contributed by atoms with Crippen LogP contribution in [0.1, 0.15) is 36.4 Å². The molecule has 0 saturated carbocycles. The summed E-state index contributed by atoms with van der Waals surface area (Å²) in [6.45, 7) is 5.66. The van der Waals surface area contributed by atoms with Crippen molar-refractivity contribution in [3.63, 3.8) is 0 Å². The SMILES string of the molecule is Cc1noc(C)c1-c1ccc2nc(NCCC(=O)O)c(=O)n([C@@H](C)c3ccccc3)c2n1. The number of aliphatic carboxylic acids is 1. The molecule has 9 heteroatoms. The number of rotatable bonds is 7. The van der Waals surface area contributed by atoms with Crippen LogP contribution in [-0.4, -0.2) is 37.3 Å². The van der Waals surface area contributed by atoms with Crippen LogP contribution >= 0.6 is 0 Å². The fraction of sp³-hybridized carbons (Fsp3) is 0.261. The maximum atomic E-state index is 13.4. The van der Waals surface area contributed by atoms with Gasteiger partial charge in [0.25, 0.3) is 5.56 Å². The highest BCUT2D eigenvalue weighted by Gasteiger charge is 2.20. The lowest BCUT2D eigenvalue weighted by Crippen LogP contribution is -2.29. The molecule has 3 heterocycles. The Kier molecular flexibility index (Phi) is 5.72. The molecule has 2 N–H and O–H groups in total. The summed E-state index contributed by atoms with van der Waals surface area (Å²) in [6.07, 6.45) is -0.128. The summed E-state index contributed by atoms with van der Waals surface area (Å²) in [7, 11) is 0. The Morgan fingerprint density at radius 1 is 1.16 bits per heavy atom. The highest BCUT2D eigenvalue weighted by molar-refractivity contribution is 5.78. The van der Waals surface area contributed by atoms with Gasteiger partial charge in [-0.25, -0.2) is 9.97 Å². The monoisotopic (exact) mass is 433 g/mol. The summed E-state index contributed by atoms with van der Waals surface area (Å²) in [6, 6.07) is 12.9. The Labute approximate surface area is 183 Å². The van der Waals surface area contributed by atoms with Crippen LogP contribution < -0.4 is 10.9 Å². The first kappa shape index (κ1) is 21.2. The van der Waals surface area contributed by atoms with E-state index in [1.807, 2.05) is 57.2 Å². The number of nitrogens with zero attached hydrogens (tertiary/aromatic N) is 4. The predicted molar refractivity (Wildman–Crippen MR) is 120 cm³/mol. The number of fused-ring (bicyclic) bond motifs is 1. The average Bonchev–Trinajstić information content (AvgIpc) is 3.12. The molecule has 0 spiro atoms. The highest BCUT2D eigenvalue weighted by Crippen LogP contribution is 2.28. The van der Waals surface area contributed by atoms with Crippen LogP contribution in [0.15, 0.2) is 51.8 Å². The lowest BCUT2D eigenvalue weighted by Gasteiger charge is -2.19. The van der Waals surface area contributed by atoms with E-state index in [4.69, 9.17) is 14.6 Å². The first-order valence-corrected chi connectivity index (χ1v) is 10.2. The molecule has 164 valence electrons. The van der Waals surface area contributed by atoms with Crippen LogP contribution in [0.25, 0.3) is 22.4 Å². The fourth-order valence-electron chi connectivity index (χ4n) is 3.71. The number of anilines is 1. The van der Waals surface area contributed by atoms with Gasteiger partial charge < -0.3 is 14.9 Å². The Hall–Kier alpha value is -4.01. The molecule has 9 nitrogen and oxygen atoms in total. The minimum atomic E-state index is -0.956. The van der Waals surface area contributed by atoms with Crippen LogP contribution in [0.5, 0.6) is 0 Å². The van der Waals surface area contributed by atoms with E-state index >= 15 is 0 Å². The molecule has 0 aliphatic heterocycles. The molecule has 0 saturated heterocycles. The van der Waals surface area contributed by atoms with Gasteiger partial charge in [-0.2, -0.15) is 0 Å². The van der Waals surface area contributed by atoms with Crippen molar-refractivity contribution in [2.45, 2.75) is 33.2 Å². The number of aromatic nitrogens is 4. The van der Waals surface area contributed by atoms with Crippen molar-refractivity contribution in [2.75, 3.05) is 11.9 Å². The quantitative estimate of drug-likeness (QED) is 0.453. The number of benzene rings is 1. The van der Waals surface area contributed by atoms with Gasteiger partial charge in [-0.3, -0.25) is 14.2 Å². The number of aryl methyl sites for hydroxylation is 2. The number of carboxylic acid groups (broad SMARTS) is 1. The van der Waals surface area contributed by atoms with Gasteiger partial charge in [0.1, 0.15) is 11.3 Å². The van der Waals surface area contributed by atoms with Gasteiger partial charge in [0.15, 0.2) is 11.5 Å². The number of carboxylic acids is 1. The van der Waals surface area contributed by atoms with Gasteiger partial charge in [0.2, 0.25) is 0 Å². The summed E-state index contributed by atoms with van der Waals surface area (Å²) in [5.41, 5.74) is 3.62. The second-order valence-corrected chi connectivity index (χ2v) is 7.53. The number of hydrogen-bond acceptors (Lipinski definition) is 7. The highest BCUT2D eigenvalue weighted by atomic mass is 16.5. The van der Waals surface area contributed by atoms with Crippen molar-refractivity contribution in [1.29, 1.82) is 0 Å². The maximum Gasteiger partial charge on any atom is 0.305 e. The maximum absolute atomic E-state index is 13.4. The molecular formula is C23H23N5O4. The summed E-state index contributed by atoms with van der Waals surface area (Å²) in [5.74, 6) is -0.227. The molecule has 0 unspecified atom stereocenters. The van der Waals surface area contributed by atoms with Crippen LogP contribution in [0.4, 0.5) is 5.82 Å². The zero-order valence-electron chi connectivity index (χ0n) is 18.0. The van der Waals surface area contributed by atoms with E-state index in [0.717, 1.165) is 11.1 Å². The third-order valence-corrected chi connectivity index (χ3v) is 5.33. The largest absolute Gasteiger partial charge is 0.481 e. The van der Waals surface area contributed by atoms with E-state index in [1.54, 1.807) is 10.6 Å². The van der Waals surface area contributed by atoms with Crippen molar-refractivity contribution in [2.24, 2.45) is 0 Å². The molecule has 3 aromatic heterocycles. The number of nitrogens with one attached hydrogen (secondary N) is 1. The summed E-state index contributed by atoms with van der Waals surface area (Å²) < 4.78 is 6.87. The third kappa shape index (κ3) is 3.96. The minimum Gasteiger partial charge on any atom is -0.481 e. The summed E-state index contributed by atoms with van der Waals surface area (Å²) in [5, 5.41) is 15.8. The zero-order valence-corrected chi connectivity index (χ0v) is 18.0. The average molecular weight is 433 g/mol. The van der Waals surface area contributed by atoms with E-state index in [0.29, 0.717) is 28.3 Å². The molecule has 0 bridgehead atoms. The topological polar surface area (TPSA) is 123 Å². The smallest absolute Gasteiger partial charge is 0.305 e. The first-order valence-electron chi connectivity index (χ1n) is 10.2. The summed E-state index contributed by atoms with van der Waals surface area (Å²) >= 11 is 0. The third-order valence-electron chi connectivity index (χ3n) is 5.33. The van der Waals surface area contributed by atoms with Crippen molar-refractivity contribution in [1.82, 2.24) is 19.7 Å². The Morgan fingerprint density at radius 3 is 2.56 bits per heavy atom. The van der Waals surface area contributed by atoms with E-state index in [9.17, 15) is 9.59 Å². The van der Waals surface area contributed by atoms with Crippen molar-refractivity contribution < 1.29 is 14.4 Å². The number of hydrogen-bond donors (Lipinski definition) is 2. The first-order chi connectivity index (χ1) is 15.4. The van der Waals surface area contributed by atoms with Crippen LogP contribution in [-0.2, 0) is 4.79 Å². The summed E-state index contributed by atoms with van der Waals surface area (Å²) in [4.78, 5) is 33.5. The van der Waals surface area contributed by atoms with Gasteiger partial charge in [0, 0.05) is 6.54 Å². The molecular weight excluding hydrogens is 410 g/mol. The fourth-order valence-corrected chi connectivity index (χ4v) is 3.71. The Bertz CT molecular complexity index is 1320. The Balaban J connectivity index is 1.92. The number of pyridine rings is 1. The van der Waals surface area contributed by atoms with E-state index in [2.05, 4.69) is 15.5 Å². The second-order valence-electron chi connectivity index (χ2n) is 7.53. The molecule has 0 aliphatic rings. The van der Waals surface area contributed by atoms with Crippen LogP contribution in [0, 0.1) is 13.8 Å². The van der Waals surface area contributed by atoms with Gasteiger partial charge in [-0.15, -0.1) is 0 Å². The Morgan fingerprint density at radius 2 is 1.91 bits per heavy atom. The number of carbonyl (C=O) groups is 1. The van der Waals surface area contributed by atoms with Gasteiger partial charge in [0.05, 0.1) is 29.4 Å². The molecule has 0 radical (unpaired) electrons. The zero-order chi connectivity index (χ0) is 22.8. The van der Waals surface area contributed by atoms with E-state index in [1.165, 1.54) is 0 Å². The van der Waals surface area contributed by atoms with E-state index in [-0.39, 0.29) is 30.4 Å². The van der Waals surface area contributed by atoms with E-state index < -0.39 is 5.97 Å². The van der Waals surface area contributed by atoms with Crippen molar-refractivity contribution in [3.05, 3.63) is 69.8 Å². The van der Waals surface area contributed by atoms with Gasteiger partial charge >= 0.3 is 5.97 Å². The molecule has 0 amide bonds. The molecule has 0 fully saturated rings. The van der Waals surface area contributed by atoms with Gasteiger partial charge in [-0.05, 0) is 38.5 Å². The van der Waals surface area contributed by atoms with Crippen LogP contribution in [0.3, 0.4) is 0 Å². The predicted octanol–water partition coefficient (Wildman–Crippen LogP) is 3.56. The van der Waals surface area contributed by atoms with Crippen LogP contribution in [0.2, 0.25) is 0 Å². The lowest BCUT2D eigenvalue weighted by molar-refractivity contribution is -0.136. The van der Waals surface area contributed by atoms with Crippen molar-refractivity contribution >= 4 is 23.0 Å². The van der Waals surface area contributed by atoms with Crippen molar-refractivity contribution in [3.8, 4) is 11.3 Å². The molecule has 32 heavy (non-hydrogen) atoms. The molecule has 1 aromatic carbocycles. The molecule has 4 aromatic rings. The lowest BCUT2D eigenvalue weighted by atomic mass is 10.1. The standard InChI is InChI=1S/C23H23N5O4/c1-13-20(15(3)32-27-13)17-9-10-18-22(26-17)28(14(2)16-7-5-4-6-8-16)23(31)21(25-18)24-12-11-19(29)30/h4-10,14H,11-12H2,1-3H3,(H,24,25)(H,29,30)/t14-/m0/s1. The normalized spacial score (nSPS) is 12.1. The second kappa shape index (κ2) is 8.62. The molecule has 1 atom stereocenters.